The molecule has 5 heteroatoms. The number of carbonyl (C=O) groups is 2. The zero-order valence-corrected chi connectivity index (χ0v) is 15.3. The highest BCUT2D eigenvalue weighted by Gasteiger charge is 2.41. The lowest BCUT2D eigenvalue weighted by Gasteiger charge is -2.22. The fraction of sp³-hybridized carbons (Fsp3) is 0.364. The fourth-order valence-corrected chi connectivity index (χ4v) is 4.37. The molecule has 1 amide bonds. The number of nitrogens with zero attached hydrogens (tertiary/aromatic N) is 2. The van der Waals surface area contributed by atoms with Crippen LogP contribution < -0.4 is 0 Å². The van der Waals surface area contributed by atoms with Crippen molar-refractivity contribution >= 4 is 11.9 Å². The minimum atomic E-state index is -0.960. The van der Waals surface area contributed by atoms with E-state index in [1.165, 1.54) is 5.56 Å². The van der Waals surface area contributed by atoms with Gasteiger partial charge in [0.25, 0.3) is 0 Å². The van der Waals surface area contributed by atoms with Gasteiger partial charge in [-0.3, -0.25) is 9.69 Å². The predicted molar refractivity (Wildman–Crippen MR) is 102 cm³/mol. The number of carbonyl (C=O) groups excluding carboxylic acids is 1. The Labute approximate surface area is 159 Å². The van der Waals surface area contributed by atoms with E-state index in [0.29, 0.717) is 11.8 Å². The van der Waals surface area contributed by atoms with Gasteiger partial charge in [0, 0.05) is 32.7 Å². The number of aromatic carboxylic acids is 1. The molecule has 140 valence electrons. The Bertz CT molecular complexity index is 822. The monoisotopic (exact) mass is 364 g/mol. The molecule has 2 aliphatic heterocycles. The molecule has 4 rings (SSSR count). The van der Waals surface area contributed by atoms with Gasteiger partial charge in [-0.25, -0.2) is 4.79 Å². The van der Waals surface area contributed by atoms with Gasteiger partial charge in [0.15, 0.2) is 0 Å². The third-order valence-corrected chi connectivity index (χ3v) is 5.69. The van der Waals surface area contributed by atoms with Crippen molar-refractivity contribution in [2.45, 2.75) is 13.0 Å². The zero-order chi connectivity index (χ0) is 18.8. The second-order valence-corrected chi connectivity index (χ2v) is 7.68. The molecule has 2 heterocycles. The third kappa shape index (κ3) is 4.03. The van der Waals surface area contributed by atoms with Gasteiger partial charge in [0.05, 0.1) is 12.0 Å². The van der Waals surface area contributed by atoms with Crippen molar-refractivity contribution in [1.82, 2.24) is 9.80 Å². The normalized spacial score (nSPS) is 22.0. The number of amides is 1. The van der Waals surface area contributed by atoms with Crippen LogP contribution in [0.4, 0.5) is 0 Å². The molecule has 1 N–H and O–H groups in total. The summed E-state index contributed by atoms with van der Waals surface area (Å²) in [4.78, 5) is 28.2. The number of carboxylic acid groups (broad SMARTS) is 1. The first-order chi connectivity index (χ1) is 13.1. The molecule has 0 spiro atoms. The molecule has 2 atom stereocenters. The highest BCUT2D eigenvalue weighted by molar-refractivity contribution is 5.88. The summed E-state index contributed by atoms with van der Waals surface area (Å²) in [5, 5.41) is 9.09. The van der Waals surface area contributed by atoms with Gasteiger partial charge in [-0.2, -0.15) is 0 Å². The van der Waals surface area contributed by atoms with E-state index in [9.17, 15) is 9.59 Å². The van der Waals surface area contributed by atoms with Gasteiger partial charge >= 0.3 is 5.97 Å². The molecular formula is C22H24N2O3. The van der Waals surface area contributed by atoms with E-state index in [0.717, 1.165) is 38.3 Å². The van der Waals surface area contributed by atoms with E-state index in [1.54, 1.807) is 18.2 Å². The summed E-state index contributed by atoms with van der Waals surface area (Å²) in [5.41, 5.74) is 2.33. The van der Waals surface area contributed by atoms with Crippen molar-refractivity contribution in [2.75, 3.05) is 26.2 Å². The molecule has 2 aromatic carbocycles. The number of hydrogen-bond acceptors (Lipinski definition) is 3. The van der Waals surface area contributed by atoms with Crippen molar-refractivity contribution in [3.8, 4) is 0 Å². The average Bonchev–Trinajstić information content (AvgIpc) is 3.21. The minimum Gasteiger partial charge on any atom is -0.478 e. The predicted octanol–water partition coefficient (Wildman–Crippen LogP) is 2.52. The van der Waals surface area contributed by atoms with Crippen LogP contribution in [0.1, 0.15) is 21.5 Å². The third-order valence-electron chi connectivity index (χ3n) is 5.69. The van der Waals surface area contributed by atoms with Crippen LogP contribution in [0.5, 0.6) is 0 Å². The summed E-state index contributed by atoms with van der Waals surface area (Å²) < 4.78 is 0. The highest BCUT2D eigenvalue weighted by Crippen LogP contribution is 2.32. The topological polar surface area (TPSA) is 60.9 Å². The molecule has 2 aromatic rings. The first-order valence-corrected chi connectivity index (χ1v) is 9.45. The van der Waals surface area contributed by atoms with E-state index in [2.05, 4.69) is 29.2 Å². The smallest absolute Gasteiger partial charge is 0.335 e. The lowest BCUT2D eigenvalue weighted by molar-refractivity contribution is -0.129. The Morgan fingerprint density at radius 2 is 1.56 bits per heavy atom. The van der Waals surface area contributed by atoms with Crippen LogP contribution in [0, 0.1) is 11.8 Å². The Kier molecular flexibility index (Phi) is 4.94. The summed E-state index contributed by atoms with van der Waals surface area (Å²) >= 11 is 0. The van der Waals surface area contributed by atoms with Crippen molar-refractivity contribution in [3.05, 3.63) is 71.3 Å². The molecule has 2 fully saturated rings. The number of carboxylic acids is 1. The SMILES string of the molecule is O=C(O)c1cccc(CC(=O)N2C[C@H]3CN(Cc4ccccc4)C[C@H]3C2)c1. The van der Waals surface area contributed by atoms with E-state index in [-0.39, 0.29) is 17.9 Å². The molecule has 2 aliphatic rings. The van der Waals surface area contributed by atoms with Gasteiger partial charge in [-0.1, -0.05) is 42.5 Å². The lowest BCUT2D eigenvalue weighted by atomic mass is 10.0. The lowest BCUT2D eigenvalue weighted by Crippen LogP contribution is -2.34. The van der Waals surface area contributed by atoms with Crippen LogP contribution in [0.3, 0.4) is 0 Å². The van der Waals surface area contributed by atoms with Crippen LogP contribution >= 0.6 is 0 Å². The second kappa shape index (κ2) is 7.53. The summed E-state index contributed by atoms with van der Waals surface area (Å²) in [7, 11) is 0. The summed E-state index contributed by atoms with van der Waals surface area (Å²) in [5.74, 6) is 0.228. The van der Waals surface area contributed by atoms with Crippen molar-refractivity contribution in [1.29, 1.82) is 0 Å². The maximum atomic E-state index is 12.7. The van der Waals surface area contributed by atoms with Crippen molar-refractivity contribution in [2.24, 2.45) is 11.8 Å². The van der Waals surface area contributed by atoms with Crippen LogP contribution in [0.2, 0.25) is 0 Å². The molecular weight excluding hydrogens is 340 g/mol. The van der Waals surface area contributed by atoms with Crippen molar-refractivity contribution < 1.29 is 14.7 Å². The molecule has 0 bridgehead atoms. The summed E-state index contributed by atoms with van der Waals surface area (Å²) in [6, 6.07) is 17.2. The largest absolute Gasteiger partial charge is 0.478 e. The van der Waals surface area contributed by atoms with E-state index >= 15 is 0 Å². The van der Waals surface area contributed by atoms with E-state index in [4.69, 9.17) is 5.11 Å². The average molecular weight is 364 g/mol. The van der Waals surface area contributed by atoms with Crippen molar-refractivity contribution in [3.63, 3.8) is 0 Å². The standard InChI is InChI=1S/C22H24N2O3/c25-21(10-17-7-4-8-18(9-17)22(26)27)24-14-19-12-23(13-20(19)15-24)11-16-5-2-1-3-6-16/h1-9,19-20H,10-15H2,(H,26,27)/t19-,20+. The summed E-state index contributed by atoms with van der Waals surface area (Å²) in [6.45, 7) is 4.68. The van der Waals surface area contributed by atoms with Crippen LogP contribution in [-0.2, 0) is 17.8 Å². The van der Waals surface area contributed by atoms with Crippen LogP contribution in [0.25, 0.3) is 0 Å². The van der Waals surface area contributed by atoms with Gasteiger partial charge < -0.3 is 10.0 Å². The maximum Gasteiger partial charge on any atom is 0.335 e. The molecule has 0 aliphatic carbocycles. The first kappa shape index (κ1) is 17.7. The number of likely N-dealkylation sites (tertiary alicyclic amines) is 2. The van der Waals surface area contributed by atoms with Crippen LogP contribution in [0.15, 0.2) is 54.6 Å². The molecule has 2 saturated heterocycles. The quantitative estimate of drug-likeness (QED) is 0.886. The number of rotatable bonds is 5. The number of benzene rings is 2. The zero-order valence-electron chi connectivity index (χ0n) is 15.3. The van der Waals surface area contributed by atoms with Gasteiger partial charge in [-0.15, -0.1) is 0 Å². The van der Waals surface area contributed by atoms with E-state index in [1.807, 2.05) is 17.0 Å². The maximum absolute atomic E-state index is 12.7. The fourth-order valence-electron chi connectivity index (χ4n) is 4.37. The van der Waals surface area contributed by atoms with E-state index < -0.39 is 5.97 Å². The Morgan fingerprint density at radius 3 is 2.22 bits per heavy atom. The summed E-state index contributed by atoms with van der Waals surface area (Å²) in [6.07, 6.45) is 0.272. The molecule has 0 aromatic heterocycles. The highest BCUT2D eigenvalue weighted by atomic mass is 16.4. The molecule has 5 nitrogen and oxygen atoms in total. The van der Waals surface area contributed by atoms with Gasteiger partial charge in [0.1, 0.15) is 0 Å². The second-order valence-electron chi connectivity index (χ2n) is 7.68. The molecule has 0 saturated carbocycles. The Hall–Kier alpha value is -2.66. The van der Waals surface area contributed by atoms with Gasteiger partial charge in [0.2, 0.25) is 5.91 Å². The number of fused-ring (bicyclic) bond motifs is 1. The molecule has 27 heavy (non-hydrogen) atoms. The van der Waals surface area contributed by atoms with Crippen LogP contribution in [-0.4, -0.2) is 53.0 Å². The molecule has 0 unspecified atom stereocenters. The number of hydrogen-bond donors (Lipinski definition) is 1. The molecule has 0 radical (unpaired) electrons. The Balaban J connectivity index is 1.31. The first-order valence-electron chi connectivity index (χ1n) is 9.45. The Morgan fingerprint density at radius 1 is 0.889 bits per heavy atom. The minimum absolute atomic E-state index is 0.0987. The van der Waals surface area contributed by atoms with Gasteiger partial charge in [-0.05, 0) is 35.1 Å².